The predicted molar refractivity (Wildman–Crippen MR) is 137 cm³/mol. The van der Waals surface area contributed by atoms with Crippen LogP contribution in [0.15, 0.2) is 53.9 Å². The second kappa shape index (κ2) is 11.8. The van der Waals surface area contributed by atoms with Crippen LogP contribution in [-0.2, 0) is 16.1 Å². The molecule has 0 aliphatic carbocycles. The molecule has 0 saturated carbocycles. The molecular weight excluding hydrogens is 489 g/mol. The molecule has 0 radical (unpaired) electrons. The lowest BCUT2D eigenvalue weighted by molar-refractivity contribution is -0.117. The molecule has 2 heterocycles. The number of nitrogens with zero attached hydrogens (tertiary/aromatic N) is 2. The molecular formula is C26H27ClFN3O3S. The number of hydrogen-bond acceptors (Lipinski definition) is 6. The molecule has 1 aromatic heterocycles. The number of piperazine rings is 1. The molecule has 9 heteroatoms. The normalized spacial score (nSPS) is 14.6. The van der Waals surface area contributed by atoms with Crippen LogP contribution in [0.3, 0.4) is 0 Å². The molecule has 1 saturated heterocycles. The quantitative estimate of drug-likeness (QED) is 0.421. The van der Waals surface area contributed by atoms with E-state index in [1.165, 1.54) is 17.4 Å². The number of thiophene rings is 1. The number of carbonyl (C=O) groups is 2. The van der Waals surface area contributed by atoms with Gasteiger partial charge in [-0.25, -0.2) is 9.18 Å². The maximum atomic E-state index is 13.4. The van der Waals surface area contributed by atoms with Gasteiger partial charge in [0.1, 0.15) is 16.4 Å². The second-order valence-electron chi connectivity index (χ2n) is 8.29. The Hall–Kier alpha value is -2.78. The molecule has 1 fully saturated rings. The summed E-state index contributed by atoms with van der Waals surface area (Å²) in [7, 11) is 0. The summed E-state index contributed by atoms with van der Waals surface area (Å²) in [4.78, 5) is 29.9. The molecule has 1 aliphatic heterocycles. The molecule has 4 rings (SSSR count). The minimum Gasteiger partial charge on any atom is -0.462 e. The molecule has 6 nitrogen and oxygen atoms in total. The Balaban J connectivity index is 1.35. The van der Waals surface area contributed by atoms with Gasteiger partial charge in [0, 0.05) is 43.7 Å². The number of halogens is 2. The highest BCUT2D eigenvalue weighted by atomic mass is 35.5. The molecule has 0 unspecified atom stereocenters. The van der Waals surface area contributed by atoms with Crippen molar-refractivity contribution < 1.29 is 18.7 Å². The average molecular weight is 516 g/mol. The zero-order valence-electron chi connectivity index (χ0n) is 19.4. The van der Waals surface area contributed by atoms with E-state index in [2.05, 4.69) is 15.1 Å². The first kappa shape index (κ1) is 25.3. The Morgan fingerprint density at radius 2 is 1.80 bits per heavy atom. The zero-order valence-corrected chi connectivity index (χ0v) is 21.0. The Morgan fingerprint density at radius 1 is 1.09 bits per heavy atom. The first-order valence-electron chi connectivity index (χ1n) is 11.5. The minimum absolute atomic E-state index is 0.129. The topological polar surface area (TPSA) is 61.9 Å². The van der Waals surface area contributed by atoms with Crippen molar-refractivity contribution in [3.05, 3.63) is 75.9 Å². The molecule has 3 aromatic rings. The third kappa shape index (κ3) is 6.46. The maximum Gasteiger partial charge on any atom is 0.341 e. The number of rotatable bonds is 8. The Bertz CT molecular complexity index is 1180. The van der Waals surface area contributed by atoms with Crippen LogP contribution in [0.5, 0.6) is 0 Å². The van der Waals surface area contributed by atoms with Gasteiger partial charge < -0.3 is 10.1 Å². The van der Waals surface area contributed by atoms with Gasteiger partial charge in [-0.05, 0) is 30.2 Å². The van der Waals surface area contributed by atoms with Crippen LogP contribution in [0.2, 0.25) is 5.02 Å². The van der Waals surface area contributed by atoms with E-state index in [4.69, 9.17) is 16.3 Å². The number of hydrogen-bond donors (Lipinski definition) is 1. The third-order valence-corrected chi connectivity index (χ3v) is 7.02. The largest absolute Gasteiger partial charge is 0.462 e. The van der Waals surface area contributed by atoms with Crippen LogP contribution in [0.4, 0.5) is 9.39 Å². The molecule has 0 bridgehead atoms. The van der Waals surface area contributed by atoms with E-state index in [-0.39, 0.29) is 24.1 Å². The summed E-state index contributed by atoms with van der Waals surface area (Å²) in [6.07, 6.45) is 0. The minimum atomic E-state index is -0.447. The fraction of sp³-hybridized carbons (Fsp3) is 0.308. The maximum absolute atomic E-state index is 13.4. The van der Waals surface area contributed by atoms with E-state index in [1.807, 2.05) is 35.7 Å². The van der Waals surface area contributed by atoms with E-state index in [0.717, 1.165) is 42.9 Å². The van der Waals surface area contributed by atoms with E-state index >= 15 is 0 Å². The van der Waals surface area contributed by atoms with E-state index < -0.39 is 11.8 Å². The molecule has 1 amide bonds. The number of esters is 1. The van der Waals surface area contributed by atoms with Gasteiger partial charge in [-0.1, -0.05) is 48.0 Å². The van der Waals surface area contributed by atoms with Crippen molar-refractivity contribution in [3.63, 3.8) is 0 Å². The number of amides is 1. The SMILES string of the molecule is CCOC(=O)c1c(-c2ccccc2)csc1NC(=O)CN1CCN(Cc2ccc(F)c(Cl)c2)CC1. The smallest absolute Gasteiger partial charge is 0.341 e. The van der Waals surface area contributed by atoms with Crippen molar-refractivity contribution >= 4 is 39.8 Å². The van der Waals surface area contributed by atoms with Crippen LogP contribution in [-0.4, -0.2) is 61.0 Å². The second-order valence-corrected chi connectivity index (χ2v) is 9.58. The molecule has 35 heavy (non-hydrogen) atoms. The van der Waals surface area contributed by atoms with Crippen molar-refractivity contribution in [2.24, 2.45) is 0 Å². The lowest BCUT2D eigenvalue weighted by atomic mass is 10.0. The van der Waals surface area contributed by atoms with Crippen molar-refractivity contribution in [2.45, 2.75) is 13.5 Å². The summed E-state index contributed by atoms with van der Waals surface area (Å²) in [6.45, 7) is 5.96. The van der Waals surface area contributed by atoms with Gasteiger partial charge in [0.25, 0.3) is 0 Å². The molecule has 1 N–H and O–H groups in total. The molecule has 0 spiro atoms. The van der Waals surface area contributed by atoms with Crippen molar-refractivity contribution in [1.82, 2.24) is 9.80 Å². The number of carbonyl (C=O) groups excluding carboxylic acids is 2. The lowest BCUT2D eigenvalue weighted by Gasteiger charge is -2.34. The van der Waals surface area contributed by atoms with Gasteiger partial charge >= 0.3 is 5.97 Å². The third-order valence-electron chi connectivity index (χ3n) is 5.83. The van der Waals surface area contributed by atoms with Gasteiger partial charge in [-0.15, -0.1) is 11.3 Å². The predicted octanol–water partition coefficient (Wildman–Crippen LogP) is 5.14. The fourth-order valence-electron chi connectivity index (χ4n) is 4.06. The number of anilines is 1. The summed E-state index contributed by atoms with van der Waals surface area (Å²) >= 11 is 7.21. The van der Waals surface area contributed by atoms with E-state index in [9.17, 15) is 14.0 Å². The van der Waals surface area contributed by atoms with Gasteiger partial charge in [0.05, 0.1) is 18.2 Å². The van der Waals surface area contributed by atoms with Crippen LogP contribution in [0.1, 0.15) is 22.8 Å². The van der Waals surface area contributed by atoms with Gasteiger partial charge in [-0.2, -0.15) is 0 Å². The summed E-state index contributed by atoms with van der Waals surface area (Å²) < 4.78 is 18.7. The first-order chi connectivity index (χ1) is 16.9. The Labute approximate surface area is 213 Å². The van der Waals surface area contributed by atoms with Crippen molar-refractivity contribution in [2.75, 3.05) is 44.6 Å². The monoisotopic (exact) mass is 515 g/mol. The van der Waals surface area contributed by atoms with E-state index in [0.29, 0.717) is 17.1 Å². The standard InChI is InChI=1S/C26H27ClFN3O3S/c1-2-34-26(33)24-20(19-6-4-3-5-7-19)17-35-25(24)29-23(32)16-31-12-10-30(11-13-31)15-18-8-9-22(28)21(27)14-18/h3-9,14,17H,2,10-13,15-16H2,1H3,(H,29,32). The van der Waals surface area contributed by atoms with Crippen molar-refractivity contribution in [1.29, 1.82) is 0 Å². The number of nitrogens with one attached hydrogen (secondary N) is 1. The highest BCUT2D eigenvalue weighted by Crippen LogP contribution is 2.36. The summed E-state index contributed by atoms with van der Waals surface area (Å²) in [5.74, 6) is -1.04. The van der Waals surface area contributed by atoms with E-state index in [1.54, 1.807) is 19.1 Å². The lowest BCUT2D eigenvalue weighted by Crippen LogP contribution is -2.48. The highest BCUT2D eigenvalue weighted by molar-refractivity contribution is 7.15. The Kier molecular flexibility index (Phi) is 8.51. The molecule has 1 aliphatic rings. The van der Waals surface area contributed by atoms with Gasteiger partial charge in [0.15, 0.2) is 0 Å². The highest BCUT2D eigenvalue weighted by Gasteiger charge is 2.24. The molecule has 2 aromatic carbocycles. The summed E-state index contributed by atoms with van der Waals surface area (Å²) in [5, 5.41) is 5.42. The van der Waals surface area contributed by atoms with Crippen LogP contribution >= 0.6 is 22.9 Å². The fourth-order valence-corrected chi connectivity index (χ4v) is 5.23. The molecule has 184 valence electrons. The van der Waals surface area contributed by atoms with Crippen molar-refractivity contribution in [3.8, 4) is 11.1 Å². The van der Waals surface area contributed by atoms with Crippen LogP contribution in [0.25, 0.3) is 11.1 Å². The van der Waals surface area contributed by atoms with Crippen LogP contribution in [0, 0.1) is 5.82 Å². The van der Waals surface area contributed by atoms with Crippen LogP contribution < -0.4 is 5.32 Å². The summed E-state index contributed by atoms with van der Waals surface area (Å²) in [5.41, 5.74) is 2.99. The molecule has 0 atom stereocenters. The van der Waals surface area contributed by atoms with Gasteiger partial charge in [0.2, 0.25) is 5.91 Å². The Morgan fingerprint density at radius 3 is 2.49 bits per heavy atom. The number of ether oxygens (including phenoxy) is 1. The zero-order chi connectivity index (χ0) is 24.8. The number of benzene rings is 2. The first-order valence-corrected chi connectivity index (χ1v) is 12.7. The average Bonchev–Trinajstić information content (AvgIpc) is 3.27. The van der Waals surface area contributed by atoms with Gasteiger partial charge in [-0.3, -0.25) is 14.6 Å². The summed E-state index contributed by atoms with van der Waals surface area (Å²) in [6, 6.07) is 14.4.